The summed E-state index contributed by atoms with van der Waals surface area (Å²) < 4.78 is 13.9. The highest BCUT2D eigenvalue weighted by Gasteiger charge is 2.37. The summed E-state index contributed by atoms with van der Waals surface area (Å²) in [7, 11) is 3.75. The number of nitrogens with zero attached hydrogens (tertiary/aromatic N) is 3. The lowest BCUT2D eigenvalue weighted by Crippen LogP contribution is -2.57. The van der Waals surface area contributed by atoms with Gasteiger partial charge in [0.1, 0.15) is 17.9 Å². The number of rotatable bonds is 15. The first kappa shape index (κ1) is 38.4. The minimum atomic E-state index is -0.926. The molecule has 0 radical (unpaired) electrons. The molecular formula is C43H52FN5O3. The number of nitrogens with two attached hydrogens (primary N) is 1. The Balaban J connectivity index is 1.46. The molecule has 2 unspecified atom stereocenters. The smallest absolute Gasteiger partial charge is 0.254 e. The largest absolute Gasteiger partial charge is 0.354 e. The maximum atomic E-state index is 14.9. The fourth-order valence-corrected chi connectivity index (χ4v) is 7.11. The summed E-state index contributed by atoms with van der Waals surface area (Å²) in [6, 6.07) is 29.6. The second-order valence-electron chi connectivity index (χ2n) is 13.9. The third-order valence-electron chi connectivity index (χ3n) is 10.3. The normalized spacial score (nSPS) is 16.2. The molecule has 0 saturated carbocycles. The third kappa shape index (κ3) is 9.72. The van der Waals surface area contributed by atoms with Gasteiger partial charge in [-0.3, -0.25) is 14.4 Å². The maximum absolute atomic E-state index is 14.9. The first-order valence-corrected chi connectivity index (χ1v) is 18.4. The molecule has 52 heavy (non-hydrogen) atoms. The van der Waals surface area contributed by atoms with Gasteiger partial charge in [-0.1, -0.05) is 78.9 Å². The van der Waals surface area contributed by atoms with Crippen LogP contribution < -0.4 is 11.1 Å². The standard InChI is InChI=1S/C43H52FN5O3/c1-5-49(39(27-32-18-22-37(44)23-19-32)41(50)46-25-24-38-15-10-26-47(38)3)43(52)40(48(4)42(51)36-14-9-13-35(29-36)30(2)45)28-31-16-20-34(21-17-31)33-11-7-6-8-12-33/h6-9,11-14,16-23,29-30,38-40H,5,10,15,24-28,45H2,1-4H3,(H,46,50)/t30?,38?,39-,40-/m1/s1. The first-order valence-electron chi connectivity index (χ1n) is 18.4. The minimum absolute atomic E-state index is 0.196. The zero-order valence-electron chi connectivity index (χ0n) is 30.8. The van der Waals surface area contributed by atoms with E-state index in [0.717, 1.165) is 53.6 Å². The topological polar surface area (TPSA) is 99.0 Å². The van der Waals surface area contributed by atoms with Crippen LogP contribution in [0.4, 0.5) is 4.39 Å². The molecule has 1 heterocycles. The van der Waals surface area contributed by atoms with Crippen molar-refractivity contribution in [2.24, 2.45) is 5.73 Å². The van der Waals surface area contributed by atoms with Crippen molar-refractivity contribution in [1.82, 2.24) is 20.0 Å². The van der Waals surface area contributed by atoms with Gasteiger partial charge in [-0.25, -0.2) is 4.39 Å². The van der Waals surface area contributed by atoms with Crippen LogP contribution in [0.15, 0.2) is 103 Å². The van der Waals surface area contributed by atoms with Gasteiger partial charge in [-0.15, -0.1) is 0 Å². The van der Waals surface area contributed by atoms with Gasteiger partial charge < -0.3 is 25.8 Å². The summed E-state index contributed by atoms with van der Waals surface area (Å²) >= 11 is 0. The zero-order valence-corrected chi connectivity index (χ0v) is 30.8. The van der Waals surface area contributed by atoms with Gasteiger partial charge in [-0.2, -0.15) is 0 Å². The van der Waals surface area contributed by atoms with Crippen LogP contribution in [0.1, 0.15) is 66.2 Å². The Bertz CT molecular complexity index is 1780. The SMILES string of the molecule is CCN(C(=O)[C@@H](Cc1ccc(-c2ccccc2)cc1)N(C)C(=O)c1cccc(C(C)N)c1)[C@H](Cc1ccc(F)cc1)C(=O)NCCC1CCCN1C. The number of halogens is 1. The molecule has 4 aromatic rings. The lowest BCUT2D eigenvalue weighted by molar-refractivity contribution is -0.143. The Labute approximate surface area is 307 Å². The molecule has 1 saturated heterocycles. The van der Waals surface area contributed by atoms with Crippen LogP contribution in [-0.4, -0.2) is 84.3 Å². The molecule has 3 amide bonds. The molecule has 1 fully saturated rings. The predicted octanol–water partition coefficient (Wildman–Crippen LogP) is 6.26. The predicted molar refractivity (Wildman–Crippen MR) is 205 cm³/mol. The van der Waals surface area contributed by atoms with Crippen molar-refractivity contribution in [3.63, 3.8) is 0 Å². The van der Waals surface area contributed by atoms with Gasteiger partial charge >= 0.3 is 0 Å². The van der Waals surface area contributed by atoms with Crippen molar-refractivity contribution in [2.45, 2.75) is 70.1 Å². The van der Waals surface area contributed by atoms with E-state index in [1.54, 1.807) is 42.3 Å². The Morgan fingerprint density at radius 2 is 1.52 bits per heavy atom. The van der Waals surface area contributed by atoms with E-state index in [1.807, 2.05) is 74.5 Å². The summed E-state index contributed by atoms with van der Waals surface area (Å²) in [5, 5.41) is 3.11. The maximum Gasteiger partial charge on any atom is 0.254 e. The van der Waals surface area contributed by atoms with E-state index >= 15 is 0 Å². The molecule has 0 spiro atoms. The summed E-state index contributed by atoms with van der Waals surface area (Å²) in [5.74, 6) is -1.31. The molecule has 274 valence electrons. The highest BCUT2D eigenvalue weighted by molar-refractivity contribution is 5.98. The van der Waals surface area contributed by atoms with Crippen LogP contribution in [0.2, 0.25) is 0 Å². The van der Waals surface area contributed by atoms with E-state index in [4.69, 9.17) is 5.73 Å². The average Bonchev–Trinajstić information content (AvgIpc) is 3.58. The molecular weight excluding hydrogens is 654 g/mol. The van der Waals surface area contributed by atoms with Gasteiger partial charge in [0.2, 0.25) is 11.8 Å². The van der Waals surface area contributed by atoms with Crippen molar-refractivity contribution < 1.29 is 18.8 Å². The van der Waals surface area contributed by atoms with Crippen molar-refractivity contribution in [3.05, 3.63) is 131 Å². The molecule has 0 aromatic heterocycles. The average molecular weight is 706 g/mol. The monoisotopic (exact) mass is 705 g/mol. The third-order valence-corrected chi connectivity index (χ3v) is 10.3. The van der Waals surface area contributed by atoms with Crippen LogP contribution in [0.5, 0.6) is 0 Å². The Kier molecular flexibility index (Phi) is 13.3. The highest BCUT2D eigenvalue weighted by Crippen LogP contribution is 2.23. The van der Waals surface area contributed by atoms with Gasteiger partial charge in [0.05, 0.1) is 0 Å². The van der Waals surface area contributed by atoms with Crippen LogP contribution in [-0.2, 0) is 22.4 Å². The van der Waals surface area contributed by atoms with Gasteiger partial charge in [-0.05, 0) is 98.8 Å². The van der Waals surface area contributed by atoms with E-state index in [9.17, 15) is 18.8 Å². The van der Waals surface area contributed by atoms with Gasteiger partial charge in [0, 0.05) is 50.6 Å². The lowest BCUT2D eigenvalue weighted by atomic mass is 9.97. The first-order chi connectivity index (χ1) is 25.0. The molecule has 0 bridgehead atoms. The molecule has 0 aliphatic carbocycles. The number of carbonyl (C=O) groups excluding carboxylic acids is 3. The number of likely N-dealkylation sites (N-methyl/N-ethyl adjacent to an activating group) is 2. The molecule has 9 heteroatoms. The molecule has 4 atom stereocenters. The zero-order chi connectivity index (χ0) is 37.2. The summed E-state index contributed by atoms with van der Waals surface area (Å²) in [6.07, 6.45) is 3.47. The summed E-state index contributed by atoms with van der Waals surface area (Å²) in [5.41, 5.74) is 11.1. The number of carbonyl (C=O) groups is 3. The van der Waals surface area contributed by atoms with Gasteiger partial charge in [0.25, 0.3) is 5.91 Å². The summed E-state index contributed by atoms with van der Waals surface area (Å²) in [4.78, 5) is 48.5. The number of hydrogen-bond acceptors (Lipinski definition) is 5. The number of hydrogen-bond donors (Lipinski definition) is 2. The Hall–Kier alpha value is -4.86. The van der Waals surface area contributed by atoms with E-state index in [-0.39, 0.29) is 49.0 Å². The van der Waals surface area contributed by atoms with Crippen molar-refractivity contribution in [1.29, 1.82) is 0 Å². The van der Waals surface area contributed by atoms with Crippen molar-refractivity contribution >= 4 is 17.7 Å². The van der Waals surface area contributed by atoms with Crippen LogP contribution in [0, 0.1) is 5.82 Å². The number of benzene rings is 4. The lowest BCUT2D eigenvalue weighted by Gasteiger charge is -2.36. The number of likely N-dealkylation sites (tertiary alicyclic amines) is 1. The Morgan fingerprint density at radius 3 is 2.13 bits per heavy atom. The van der Waals surface area contributed by atoms with Gasteiger partial charge in [0.15, 0.2) is 0 Å². The quantitative estimate of drug-likeness (QED) is 0.152. The second kappa shape index (κ2) is 18.1. The fraction of sp³-hybridized carbons (Fsp3) is 0.372. The second-order valence-corrected chi connectivity index (χ2v) is 13.9. The highest BCUT2D eigenvalue weighted by atomic mass is 19.1. The Morgan fingerprint density at radius 1 is 0.885 bits per heavy atom. The van der Waals surface area contributed by atoms with E-state index in [2.05, 4.69) is 17.3 Å². The van der Waals surface area contributed by atoms with E-state index < -0.39 is 12.1 Å². The number of nitrogens with one attached hydrogen (secondary N) is 1. The molecule has 1 aliphatic rings. The van der Waals surface area contributed by atoms with E-state index in [1.165, 1.54) is 17.0 Å². The summed E-state index contributed by atoms with van der Waals surface area (Å²) in [6.45, 7) is 5.45. The number of amides is 3. The van der Waals surface area contributed by atoms with Crippen LogP contribution in [0.3, 0.4) is 0 Å². The molecule has 8 nitrogen and oxygen atoms in total. The molecule has 5 rings (SSSR count). The van der Waals surface area contributed by atoms with Crippen LogP contribution in [0.25, 0.3) is 11.1 Å². The molecule has 3 N–H and O–H groups in total. The van der Waals surface area contributed by atoms with Crippen molar-refractivity contribution in [3.8, 4) is 11.1 Å². The van der Waals surface area contributed by atoms with Crippen molar-refractivity contribution in [2.75, 3.05) is 33.7 Å². The molecule has 4 aromatic carbocycles. The minimum Gasteiger partial charge on any atom is -0.354 e. The van der Waals surface area contributed by atoms with Crippen LogP contribution >= 0.6 is 0 Å². The van der Waals surface area contributed by atoms with E-state index in [0.29, 0.717) is 18.2 Å². The fourth-order valence-electron chi connectivity index (χ4n) is 7.11. The molecule has 1 aliphatic heterocycles.